The van der Waals surface area contributed by atoms with E-state index in [1.54, 1.807) is 30.1 Å². The van der Waals surface area contributed by atoms with Crippen molar-refractivity contribution < 1.29 is 17.9 Å². The number of benzene rings is 2. The van der Waals surface area contributed by atoms with Gasteiger partial charge in [-0.05, 0) is 50.1 Å². The summed E-state index contributed by atoms with van der Waals surface area (Å²) in [6.45, 7) is 5.53. The molecule has 32 heavy (non-hydrogen) atoms. The highest BCUT2D eigenvalue weighted by Crippen LogP contribution is 2.30. The summed E-state index contributed by atoms with van der Waals surface area (Å²) in [4.78, 5) is 17.5. The number of aryl methyl sites for hydroxylation is 1. The Labute approximate surface area is 190 Å². The molecule has 2 aromatic carbocycles. The summed E-state index contributed by atoms with van der Waals surface area (Å²) in [5.41, 5.74) is 3.01. The molecule has 4 rings (SSSR count). The van der Waals surface area contributed by atoms with Crippen LogP contribution >= 0.6 is 0 Å². The molecule has 2 aliphatic heterocycles. The number of amides is 1. The van der Waals surface area contributed by atoms with Crippen LogP contribution in [-0.2, 0) is 14.8 Å². The first-order chi connectivity index (χ1) is 15.4. The molecule has 172 valence electrons. The number of hydrogen-bond acceptors (Lipinski definition) is 5. The Morgan fingerprint density at radius 2 is 1.59 bits per heavy atom. The average Bonchev–Trinajstić information content (AvgIpc) is 2.84. The molecule has 0 radical (unpaired) electrons. The summed E-state index contributed by atoms with van der Waals surface area (Å²) in [6, 6.07) is 12.7. The predicted octanol–water partition coefficient (Wildman–Crippen LogP) is 3.28. The fraction of sp³-hybridized carbons (Fsp3) is 0.458. The van der Waals surface area contributed by atoms with Gasteiger partial charge in [-0.25, -0.2) is 8.42 Å². The number of ether oxygens (including phenoxy) is 1. The lowest BCUT2D eigenvalue weighted by molar-refractivity contribution is 0.0991. The van der Waals surface area contributed by atoms with E-state index in [1.807, 2.05) is 31.2 Å². The number of carbonyl (C=O) groups excluding carboxylic acids is 1. The van der Waals surface area contributed by atoms with Crippen molar-refractivity contribution in [3.63, 3.8) is 0 Å². The number of morpholine rings is 1. The van der Waals surface area contributed by atoms with Gasteiger partial charge in [-0.1, -0.05) is 24.1 Å². The van der Waals surface area contributed by atoms with Crippen molar-refractivity contribution in [1.82, 2.24) is 4.31 Å². The van der Waals surface area contributed by atoms with E-state index in [9.17, 15) is 13.2 Å². The highest BCUT2D eigenvalue weighted by atomic mass is 32.2. The van der Waals surface area contributed by atoms with Gasteiger partial charge in [0.15, 0.2) is 0 Å². The van der Waals surface area contributed by atoms with Crippen LogP contribution in [0, 0.1) is 6.92 Å². The van der Waals surface area contributed by atoms with Crippen LogP contribution in [0.25, 0.3) is 0 Å². The van der Waals surface area contributed by atoms with Crippen molar-refractivity contribution in [2.45, 2.75) is 31.1 Å². The van der Waals surface area contributed by atoms with Crippen LogP contribution in [-0.4, -0.2) is 65.1 Å². The summed E-state index contributed by atoms with van der Waals surface area (Å²) < 4.78 is 33.6. The molecule has 0 unspecified atom stereocenters. The minimum Gasteiger partial charge on any atom is -0.378 e. The molecule has 0 saturated carbocycles. The number of rotatable bonds is 5. The topological polar surface area (TPSA) is 70.2 Å². The summed E-state index contributed by atoms with van der Waals surface area (Å²) >= 11 is 0. The van der Waals surface area contributed by atoms with Gasteiger partial charge in [0.25, 0.3) is 5.91 Å². The second kappa shape index (κ2) is 9.60. The van der Waals surface area contributed by atoms with E-state index < -0.39 is 10.0 Å². The van der Waals surface area contributed by atoms with Crippen molar-refractivity contribution in [3.8, 4) is 0 Å². The van der Waals surface area contributed by atoms with Crippen molar-refractivity contribution in [1.29, 1.82) is 0 Å². The van der Waals surface area contributed by atoms with Crippen LogP contribution < -0.4 is 9.80 Å². The number of piperidine rings is 1. The molecule has 0 aliphatic carbocycles. The number of carbonyl (C=O) groups is 1. The SMILES string of the molecule is Cc1ccc(N(C)C(=O)c2cc(S(=O)(=O)N3CCCCC3)ccc2N2CCOCC2)cc1. The van der Waals surface area contributed by atoms with Crippen LogP contribution in [0.1, 0.15) is 35.2 Å². The predicted molar refractivity (Wildman–Crippen MR) is 126 cm³/mol. The summed E-state index contributed by atoms with van der Waals surface area (Å²) in [5, 5.41) is 0. The zero-order valence-corrected chi connectivity index (χ0v) is 19.6. The second-order valence-electron chi connectivity index (χ2n) is 8.44. The molecule has 7 nitrogen and oxygen atoms in total. The third-order valence-corrected chi connectivity index (χ3v) is 8.12. The van der Waals surface area contributed by atoms with Crippen LogP contribution in [0.15, 0.2) is 47.4 Å². The van der Waals surface area contributed by atoms with Gasteiger partial charge in [0.2, 0.25) is 10.0 Å². The zero-order chi connectivity index (χ0) is 22.7. The number of nitrogens with zero attached hydrogens (tertiary/aromatic N) is 3. The van der Waals surface area contributed by atoms with Crippen LogP contribution in [0.3, 0.4) is 0 Å². The third-order valence-electron chi connectivity index (χ3n) is 6.23. The monoisotopic (exact) mass is 457 g/mol. The Kier molecular flexibility index (Phi) is 6.83. The minimum atomic E-state index is -3.64. The van der Waals surface area contributed by atoms with Gasteiger partial charge in [-0.2, -0.15) is 4.31 Å². The molecule has 2 aromatic rings. The smallest absolute Gasteiger partial charge is 0.260 e. The van der Waals surface area contributed by atoms with Gasteiger partial charge < -0.3 is 14.5 Å². The quantitative estimate of drug-likeness (QED) is 0.689. The third kappa shape index (κ3) is 4.67. The first-order valence-corrected chi connectivity index (χ1v) is 12.6. The van der Waals surface area contributed by atoms with Gasteiger partial charge in [0, 0.05) is 44.6 Å². The lowest BCUT2D eigenvalue weighted by Crippen LogP contribution is -2.39. The van der Waals surface area contributed by atoms with Crippen LogP contribution in [0.2, 0.25) is 0 Å². The molecule has 0 N–H and O–H groups in total. The molecule has 2 aliphatic rings. The van der Waals surface area contributed by atoms with Gasteiger partial charge in [-0.3, -0.25) is 4.79 Å². The Morgan fingerprint density at radius 1 is 0.938 bits per heavy atom. The molecule has 0 atom stereocenters. The minimum absolute atomic E-state index is 0.178. The molecule has 0 aromatic heterocycles. The number of anilines is 2. The van der Waals surface area contributed by atoms with Gasteiger partial charge in [-0.15, -0.1) is 0 Å². The average molecular weight is 458 g/mol. The summed E-state index contributed by atoms with van der Waals surface area (Å²) in [6.07, 6.45) is 2.78. The molecule has 0 bridgehead atoms. The highest BCUT2D eigenvalue weighted by molar-refractivity contribution is 7.89. The Balaban J connectivity index is 1.73. The lowest BCUT2D eigenvalue weighted by atomic mass is 10.1. The molecule has 2 saturated heterocycles. The van der Waals surface area contributed by atoms with E-state index in [1.165, 1.54) is 4.31 Å². The van der Waals surface area contributed by atoms with Crippen LogP contribution in [0.4, 0.5) is 11.4 Å². The van der Waals surface area contributed by atoms with Crippen LogP contribution in [0.5, 0.6) is 0 Å². The lowest BCUT2D eigenvalue weighted by Gasteiger charge is -2.32. The Morgan fingerprint density at radius 3 is 2.25 bits per heavy atom. The van der Waals surface area contributed by atoms with Gasteiger partial charge in [0.1, 0.15) is 0 Å². The maximum absolute atomic E-state index is 13.6. The highest BCUT2D eigenvalue weighted by Gasteiger charge is 2.29. The first kappa shape index (κ1) is 22.8. The normalized spacial score (nSPS) is 17.9. The molecule has 0 spiro atoms. The van der Waals surface area contributed by atoms with Crippen molar-refractivity contribution in [3.05, 3.63) is 53.6 Å². The second-order valence-corrected chi connectivity index (χ2v) is 10.4. The van der Waals surface area contributed by atoms with Crippen molar-refractivity contribution in [2.75, 3.05) is 56.2 Å². The first-order valence-electron chi connectivity index (χ1n) is 11.2. The Bertz CT molecular complexity index is 1060. The molecular weight excluding hydrogens is 426 g/mol. The maximum atomic E-state index is 13.6. The molecule has 1 amide bonds. The molecule has 2 heterocycles. The number of hydrogen-bond donors (Lipinski definition) is 0. The van der Waals surface area contributed by atoms with E-state index >= 15 is 0 Å². The summed E-state index contributed by atoms with van der Waals surface area (Å²) in [7, 11) is -1.92. The molecular formula is C24H31N3O4S. The van der Waals surface area contributed by atoms with E-state index in [2.05, 4.69) is 4.90 Å². The Hall–Kier alpha value is -2.42. The zero-order valence-electron chi connectivity index (χ0n) is 18.8. The molecule has 8 heteroatoms. The number of sulfonamides is 1. The van der Waals surface area contributed by atoms with E-state index in [-0.39, 0.29) is 10.8 Å². The largest absolute Gasteiger partial charge is 0.378 e. The fourth-order valence-corrected chi connectivity index (χ4v) is 5.79. The van der Waals surface area contributed by atoms with Crippen molar-refractivity contribution >= 4 is 27.3 Å². The fourth-order valence-electron chi connectivity index (χ4n) is 4.25. The van der Waals surface area contributed by atoms with Crippen molar-refractivity contribution in [2.24, 2.45) is 0 Å². The van der Waals surface area contributed by atoms with Gasteiger partial charge >= 0.3 is 0 Å². The van der Waals surface area contributed by atoms with E-state index in [0.717, 1.165) is 36.2 Å². The van der Waals surface area contributed by atoms with E-state index in [4.69, 9.17) is 4.74 Å². The summed E-state index contributed by atoms with van der Waals surface area (Å²) in [5.74, 6) is -0.231. The standard InChI is InChI=1S/C24H31N3O4S/c1-19-6-8-20(9-7-19)25(2)24(28)22-18-21(32(29,30)27-12-4-3-5-13-27)10-11-23(22)26-14-16-31-17-15-26/h6-11,18H,3-5,12-17H2,1-2H3. The van der Waals surface area contributed by atoms with Gasteiger partial charge in [0.05, 0.1) is 23.7 Å². The maximum Gasteiger partial charge on any atom is 0.260 e. The molecule has 2 fully saturated rings. The van der Waals surface area contributed by atoms with E-state index in [0.29, 0.717) is 45.0 Å².